The van der Waals surface area contributed by atoms with Crippen LogP contribution in [0.1, 0.15) is 61.2 Å². The molecule has 0 spiro atoms. The SMILES string of the molecule is CC(C)c1ccc([C@@H](NC(=O)[C@@H]2CCCN2COCCc2ncco2)c2ccccc2)cc1. The van der Waals surface area contributed by atoms with E-state index in [0.717, 1.165) is 30.5 Å². The normalized spacial score (nSPS) is 17.4. The third kappa shape index (κ3) is 6.09. The van der Waals surface area contributed by atoms with E-state index < -0.39 is 0 Å². The number of rotatable bonds is 10. The van der Waals surface area contributed by atoms with Crippen molar-refractivity contribution in [1.82, 2.24) is 15.2 Å². The molecular weight excluding hydrogens is 414 g/mol. The molecule has 2 atom stereocenters. The summed E-state index contributed by atoms with van der Waals surface area (Å²) in [7, 11) is 0. The number of carbonyl (C=O) groups is 1. The van der Waals surface area contributed by atoms with E-state index in [9.17, 15) is 4.79 Å². The average Bonchev–Trinajstić information content (AvgIpc) is 3.53. The number of oxazole rings is 1. The number of nitrogens with zero attached hydrogens (tertiary/aromatic N) is 2. The van der Waals surface area contributed by atoms with Gasteiger partial charge in [-0.2, -0.15) is 0 Å². The molecule has 1 N–H and O–H groups in total. The van der Waals surface area contributed by atoms with E-state index in [1.807, 2.05) is 18.2 Å². The first-order chi connectivity index (χ1) is 16.1. The van der Waals surface area contributed by atoms with Gasteiger partial charge in [-0.05, 0) is 35.4 Å². The maximum absolute atomic E-state index is 13.4. The first kappa shape index (κ1) is 23.2. The molecule has 2 heterocycles. The molecular formula is C27H33N3O3. The molecule has 0 saturated carbocycles. The smallest absolute Gasteiger partial charge is 0.238 e. The highest BCUT2D eigenvalue weighted by atomic mass is 16.5. The van der Waals surface area contributed by atoms with Gasteiger partial charge in [-0.1, -0.05) is 68.4 Å². The van der Waals surface area contributed by atoms with Crippen LogP contribution in [-0.2, 0) is 16.0 Å². The van der Waals surface area contributed by atoms with Crippen LogP contribution in [0.15, 0.2) is 71.5 Å². The number of benzene rings is 2. The number of amides is 1. The second-order valence-electron chi connectivity index (χ2n) is 8.86. The van der Waals surface area contributed by atoms with Crippen LogP contribution in [0, 0.1) is 0 Å². The Labute approximate surface area is 196 Å². The fourth-order valence-corrected chi connectivity index (χ4v) is 4.31. The molecule has 3 aromatic rings. The zero-order valence-corrected chi connectivity index (χ0v) is 19.4. The van der Waals surface area contributed by atoms with Crippen molar-refractivity contribution >= 4 is 5.91 Å². The van der Waals surface area contributed by atoms with Crippen molar-refractivity contribution in [2.75, 3.05) is 19.9 Å². The minimum absolute atomic E-state index is 0.0468. The minimum atomic E-state index is -0.187. The van der Waals surface area contributed by atoms with E-state index in [4.69, 9.17) is 9.15 Å². The number of likely N-dealkylation sites (tertiary alicyclic amines) is 1. The van der Waals surface area contributed by atoms with Gasteiger partial charge in [0.15, 0.2) is 5.89 Å². The first-order valence-electron chi connectivity index (χ1n) is 11.8. The van der Waals surface area contributed by atoms with Crippen molar-refractivity contribution in [3.05, 3.63) is 89.6 Å². The highest BCUT2D eigenvalue weighted by Crippen LogP contribution is 2.26. The predicted molar refractivity (Wildman–Crippen MR) is 128 cm³/mol. The predicted octanol–water partition coefficient (Wildman–Crippen LogP) is 4.68. The van der Waals surface area contributed by atoms with Crippen LogP contribution in [0.25, 0.3) is 0 Å². The van der Waals surface area contributed by atoms with E-state index in [0.29, 0.717) is 31.6 Å². The molecule has 174 valence electrons. The molecule has 0 aliphatic carbocycles. The van der Waals surface area contributed by atoms with E-state index in [2.05, 4.69) is 65.4 Å². The number of aromatic nitrogens is 1. The number of carbonyl (C=O) groups excluding carboxylic acids is 1. The molecule has 1 saturated heterocycles. The van der Waals surface area contributed by atoms with E-state index in [-0.39, 0.29) is 18.0 Å². The topological polar surface area (TPSA) is 67.6 Å². The van der Waals surface area contributed by atoms with Gasteiger partial charge < -0.3 is 14.5 Å². The summed E-state index contributed by atoms with van der Waals surface area (Å²) in [6, 6.07) is 18.4. The Hall–Kier alpha value is -2.96. The van der Waals surface area contributed by atoms with Crippen LogP contribution in [0.5, 0.6) is 0 Å². The Bertz CT molecular complexity index is 987. The second kappa shape index (κ2) is 11.3. The van der Waals surface area contributed by atoms with Crippen molar-refractivity contribution in [2.24, 2.45) is 0 Å². The highest BCUT2D eigenvalue weighted by Gasteiger charge is 2.32. The summed E-state index contributed by atoms with van der Waals surface area (Å²) in [6.07, 6.45) is 5.65. The standard InChI is InChI=1S/C27H33N3O3/c1-20(2)21-10-12-23(13-11-21)26(22-7-4-3-5-8-22)29-27(31)24-9-6-16-30(24)19-32-17-14-25-28-15-18-33-25/h3-5,7-8,10-13,15,18,20,24,26H,6,9,14,16-17,19H2,1-2H3,(H,29,31)/t24-,26-/m0/s1. The van der Waals surface area contributed by atoms with Gasteiger partial charge in [0.2, 0.25) is 5.91 Å². The largest absolute Gasteiger partial charge is 0.449 e. The molecule has 6 heteroatoms. The Kier molecular flexibility index (Phi) is 7.92. The zero-order valence-electron chi connectivity index (χ0n) is 19.4. The number of nitrogens with one attached hydrogen (secondary N) is 1. The fraction of sp³-hybridized carbons (Fsp3) is 0.407. The summed E-state index contributed by atoms with van der Waals surface area (Å²) in [6.45, 7) is 6.18. The van der Waals surface area contributed by atoms with Gasteiger partial charge in [0.05, 0.1) is 31.6 Å². The summed E-state index contributed by atoms with van der Waals surface area (Å²) in [5, 5.41) is 3.32. The Balaban J connectivity index is 1.41. The number of ether oxygens (including phenoxy) is 1. The highest BCUT2D eigenvalue weighted by molar-refractivity contribution is 5.83. The van der Waals surface area contributed by atoms with Crippen LogP contribution >= 0.6 is 0 Å². The lowest BCUT2D eigenvalue weighted by Gasteiger charge is -2.27. The number of hydrogen-bond acceptors (Lipinski definition) is 5. The first-order valence-corrected chi connectivity index (χ1v) is 11.8. The molecule has 6 nitrogen and oxygen atoms in total. The molecule has 1 amide bonds. The van der Waals surface area contributed by atoms with Gasteiger partial charge in [-0.25, -0.2) is 4.98 Å². The molecule has 1 fully saturated rings. The van der Waals surface area contributed by atoms with Crippen molar-refractivity contribution < 1.29 is 13.9 Å². The molecule has 1 aliphatic heterocycles. The quantitative estimate of drug-likeness (QED) is 0.457. The van der Waals surface area contributed by atoms with Crippen LogP contribution in [-0.4, -0.2) is 41.7 Å². The van der Waals surface area contributed by atoms with Gasteiger partial charge in [0.1, 0.15) is 6.26 Å². The lowest BCUT2D eigenvalue weighted by molar-refractivity contribution is -0.128. The molecule has 1 aliphatic rings. The van der Waals surface area contributed by atoms with E-state index in [1.165, 1.54) is 5.56 Å². The van der Waals surface area contributed by atoms with Gasteiger partial charge in [-0.15, -0.1) is 0 Å². The molecule has 1 aromatic heterocycles. The van der Waals surface area contributed by atoms with Crippen molar-refractivity contribution in [3.8, 4) is 0 Å². The van der Waals surface area contributed by atoms with Crippen molar-refractivity contribution in [3.63, 3.8) is 0 Å². The van der Waals surface area contributed by atoms with Crippen LogP contribution in [0.3, 0.4) is 0 Å². The Morgan fingerprint density at radius 1 is 1.12 bits per heavy atom. The summed E-state index contributed by atoms with van der Waals surface area (Å²) >= 11 is 0. The summed E-state index contributed by atoms with van der Waals surface area (Å²) in [4.78, 5) is 19.6. The third-order valence-corrected chi connectivity index (χ3v) is 6.22. The molecule has 0 bridgehead atoms. The summed E-state index contributed by atoms with van der Waals surface area (Å²) in [5.41, 5.74) is 3.46. The van der Waals surface area contributed by atoms with Gasteiger partial charge >= 0.3 is 0 Å². The van der Waals surface area contributed by atoms with Crippen LogP contribution < -0.4 is 5.32 Å². The Morgan fingerprint density at radius 2 is 1.85 bits per heavy atom. The van der Waals surface area contributed by atoms with E-state index in [1.54, 1.807) is 12.5 Å². The van der Waals surface area contributed by atoms with Gasteiger partial charge in [0, 0.05) is 13.0 Å². The fourth-order valence-electron chi connectivity index (χ4n) is 4.31. The van der Waals surface area contributed by atoms with Gasteiger partial charge in [-0.3, -0.25) is 9.69 Å². The lowest BCUT2D eigenvalue weighted by Crippen LogP contribution is -2.45. The number of hydrogen-bond donors (Lipinski definition) is 1. The summed E-state index contributed by atoms with van der Waals surface area (Å²) < 4.78 is 11.1. The molecule has 33 heavy (non-hydrogen) atoms. The minimum Gasteiger partial charge on any atom is -0.449 e. The molecule has 0 unspecified atom stereocenters. The maximum Gasteiger partial charge on any atom is 0.238 e. The lowest BCUT2D eigenvalue weighted by atomic mass is 9.95. The molecule has 2 aromatic carbocycles. The van der Waals surface area contributed by atoms with Crippen molar-refractivity contribution in [2.45, 2.75) is 51.1 Å². The van der Waals surface area contributed by atoms with Gasteiger partial charge in [0.25, 0.3) is 0 Å². The molecule has 4 rings (SSSR count). The maximum atomic E-state index is 13.4. The molecule has 0 radical (unpaired) electrons. The monoisotopic (exact) mass is 447 g/mol. The second-order valence-corrected chi connectivity index (χ2v) is 8.86. The zero-order chi connectivity index (χ0) is 23.0. The average molecular weight is 448 g/mol. The third-order valence-electron chi connectivity index (χ3n) is 6.22. The summed E-state index contributed by atoms with van der Waals surface area (Å²) in [5.74, 6) is 1.19. The Morgan fingerprint density at radius 3 is 2.55 bits per heavy atom. The van der Waals surface area contributed by atoms with E-state index >= 15 is 0 Å². The van der Waals surface area contributed by atoms with Crippen LogP contribution in [0.2, 0.25) is 0 Å². The van der Waals surface area contributed by atoms with Crippen molar-refractivity contribution in [1.29, 1.82) is 0 Å². The van der Waals surface area contributed by atoms with Crippen LogP contribution in [0.4, 0.5) is 0 Å².